The molecule has 172 valence electrons. The molecular formula is C25H29F3N2O2. The van der Waals surface area contributed by atoms with Crippen LogP contribution in [-0.2, 0) is 11.0 Å². The summed E-state index contributed by atoms with van der Waals surface area (Å²) >= 11 is 0. The number of amides is 2. The summed E-state index contributed by atoms with van der Waals surface area (Å²) in [5.41, 5.74) is 0.621. The van der Waals surface area contributed by atoms with Crippen molar-refractivity contribution >= 4 is 11.8 Å². The van der Waals surface area contributed by atoms with E-state index in [1.165, 1.54) is 12.1 Å². The minimum Gasteiger partial charge on any atom is -0.351 e. The van der Waals surface area contributed by atoms with E-state index < -0.39 is 23.7 Å². The third-order valence-corrected chi connectivity index (χ3v) is 5.88. The van der Waals surface area contributed by atoms with Gasteiger partial charge in [-0.15, -0.1) is 0 Å². The van der Waals surface area contributed by atoms with E-state index in [2.05, 4.69) is 24.5 Å². The van der Waals surface area contributed by atoms with Gasteiger partial charge < -0.3 is 10.6 Å². The van der Waals surface area contributed by atoms with Gasteiger partial charge in [0.2, 0.25) is 5.91 Å². The molecule has 2 aromatic carbocycles. The number of alkyl halides is 3. The first-order chi connectivity index (χ1) is 15.1. The summed E-state index contributed by atoms with van der Waals surface area (Å²) in [7, 11) is 0. The summed E-state index contributed by atoms with van der Waals surface area (Å²) in [6.07, 6.45) is 0.419. The van der Waals surface area contributed by atoms with Crippen LogP contribution in [0.15, 0.2) is 48.5 Å². The topological polar surface area (TPSA) is 58.2 Å². The highest BCUT2D eigenvalue weighted by molar-refractivity contribution is 5.98. The monoisotopic (exact) mass is 446 g/mol. The van der Waals surface area contributed by atoms with E-state index >= 15 is 0 Å². The quantitative estimate of drug-likeness (QED) is 0.594. The summed E-state index contributed by atoms with van der Waals surface area (Å²) in [6.45, 7) is 4.11. The molecule has 0 radical (unpaired) electrons. The minimum absolute atomic E-state index is 0.0409. The smallest absolute Gasteiger partial charge is 0.351 e. The number of halogens is 3. The number of hydrogen-bond acceptors (Lipinski definition) is 2. The molecule has 7 heteroatoms. The first-order valence-corrected chi connectivity index (χ1v) is 11.0. The minimum atomic E-state index is -4.55. The molecule has 1 saturated carbocycles. The van der Waals surface area contributed by atoms with E-state index in [9.17, 15) is 22.8 Å². The largest absolute Gasteiger partial charge is 0.416 e. The molecule has 2 aromatic rings. The van der Waals surface area contributed by atoms with Gasteiger partial charge in [0.1, 0.15) is 6.04 Å². The molecule has 2 N–H and O–H groups in total. The maximum absolute atomic E-state index is 13.1. The van der Waals surface area contributed by atoms with Gasteiger partial charge in [-0.2, -0.15) is 13.2 Å². The number of carbonyl (C=O) groups excluding carboxylic acids is 2. The predicted octanol–water partition coefficient (Wildman–Crippen LogP) is 5.75. The van der Waals surface area contributed by atoms with Crippen LogP contribution < -0.4 is 10.6 Å². The van der Waals surface area contributed by atoms with Crippen molar-refractivity contribution in [3.05, 3.63) is 70.8 Å². The number of benzene rings is 2. The Hall–Kier alpha value is -2.83. The van der Waals surface area contributed by atoms with Crippen molar-refractivity contribution in [2.24, 2.45) is 0 Å². The van der Waals surface area contributed by atoms with Gasteiger partial charge in [-0.25, -0.2) is 0 Å². The van der Waals surface area contributed by atoms with Crippen molar-refractivity contribution in [2.45, 2.75) is 70.1 Å². The third kappa shape index (κ3) is 6.11. The lowest BCUT2D eigenvalue weighted by molar-refractivity contribution is -0.137. The Bertz CT molecular complexity index is 933. The van der Waals surface area contributed by atoms with Crippen LogP contribution in [0, 0.1) is 0 Å². The highest BCUT2D eigenvalue weighted by Crippen LogP contribution is 2.30. The molecule has 2 amide bonds. The average Bonchev–Trinajstić information content (AvgIpc) is 2.77. The lowest BCUT2D eigenvalue weighted by Gasteiger charge is -2.26. The van der Waals surface area contributed by atoms with E-state index in [0.717, 1.165) is 49.8 Å². The van der Waals surface area contributed by atoms with E-state index in [1.807, 2.05) is 12.1 Å². The number of hydrogen-bond donors (Lipinski definition) is 2. The molecule has 0 saturated heterocycles. The Morgan fingerprint density at radius 3 is 2.16 bits per heavy atom. The van der Waals surface area contributed by atoms with Crippen LogP contribution in [0.3, 0.4) is 0 Å². The molecule has 4 nitrogen and oxygen atoms in total. The van der Waals surface area contributed by atoms with Gasteiger partial charge in [0, 0.05) is 11.6 Å². The van der Waals surface area contributed by atoms with Crippen LogP contribution in [0.2, 0.25) is 0 Å². The molecule has 1 aliphatic rings. The molecule has 1 aliphatic carbocycles. The van der Waals surface area contributed by atoms with Crippen LogP contribution in [0.4, 0.5) is 13.2 Å². The molecule has 3 rings (SSSR count). The third-order valence-electron chi connectivity index (χ3n) is 5.88. The van der Waals surface area contributed by atoms with Gasteiger partial charge >= 0.3 is 6.18 Å². The molecule has 1 unspecified atom stereocenters. The fourth-order valence-electron chi connectivity index (χ4n) is 3.96. The highest BCUT2D eigenvalue weighted by Gasteiger charge is 2.32. The molecule has 0 aliphatic heterocycles. The van der Waals surface area contributed by atoms with E-state index in [-0.39, 0.29) is 17.5 Å². The number of nitrogens with one attached hydrogen (secondary N) is 2. The van der Waals surface area contributed by atoms with Crippen LogP contribution in [0.5, 0.6) is 0 Å². The zero-order chi connectivity index (χ0) is 23.3. The standard InChI is InChI=1S/C25H29F3N2O2/c1-16(2)17-11-13-18(14-12-17)22(24(32)29-21-9-4-3-5-10-21)30-23(31)19-7-6-8-20(15-19)25(26,27)28/h6-8,11-16,21-22H,3-5,9-10H2,1-2H3,(H,29,32)(H,30,31). The maximum Gasteiger partial charge on any atom is 0.416 e. The maximum atomic E-state index is 13.1. The summed E-state index contributed by atoms with van der Waals surface area (Å²) in [6, 6.07) is 10.6. The Kier molecular flexibility index (Phi) is 7.59. The fraction of sp³-hybridized carbons (Fsp3) is 0.440. The van der Waals surface area contributed by atoms with Crippen molar-refractivity contribution in [1.29, 1.82) is 0 Å². The Morgan fingerprint density at radius 1 is 0.938 bits per heavy atom. The van der Waals surface area contributed by atoms with Gasteiger partial charge in [-0.1, -0.05) is 63.4 Å². The van der Waals surface area contributed by atoms with Gasteiger partial charge in [-0.05, 0) is 48.1 Å². The Labute approximate surface area is 186 Å². The van der Waals surface area contributed by atoms with Crippen molar-refractivity contribution < 1.29 is 22.8 Å². The van der Waals surface area contributed by atoms with Gasteiger partial charge in [0.05, 0.1) is 5.56 Å². The molecule has 0 aromatic heterocycles. The van der Waals surface area contributed by atoms with Gasteiger partial charge in [-0.3, -0.25) is 9.59 Å². The Morgan fingerprint density at radius 2 is 1.56 bits per heavy atom. The second-order valence-electron chi connectivity index (χ2n) is 8.65. The molecule has 0 heterocycles. The number of rotatable bonds is 6. The van der Waals surface area contributed by atoms with Crippen molar-refractivity contribution in [3.63, 3.8) is 0 Å². The van der Waals surface area contributed by atoms with Crippen LogP contribution in [0.1, 0.15) is 85.0 Å². The van der Waals surface area contributed by atoms with E-state index in [4.69, 9.17) is 0 Å². The second kappa shape index (κ2) is 10.2. The van der Waals surface area contributed by atoms with Crippen LogP contribution >= 0.6 is 0 Å². The molecule has 1 fully saturated rings. The molecule has 0 spiro atoms. The lowest BCUT2D eigenvalue weighted by atomic mass is 9.94. The zero-order valence-corrected chi connectivity index (χ0v) is 18.3. The van der Waals surface area contributed by atoms with Gasteiger partial charge in [0.15, 0.2) is 0 Å². The normalized spacial score (nSPS) is 15.9. The predicted molar refractivity (Wildman–Crippen MR) is 117 cm³/mol. The van der Waals surface area contributed by atoms with E-state index in [1.54, 1.807) is 12.1 Å². The first-order valence-electron chi connectivity index (χ1n) is 11.0. The molecule has 32 heavy (non-hydrogen) atoms. The summed E-state index contributed by atoms with van der Waals surface area (Å²) in [5, 5.41) is 5.66. The average molecular weight is 447 g/mol. The first kappa shape index (κ1) is 23.8. The number of carbonyl (C=O) groups is 2. The van der Waals surface area contributed by atoms with E-state index in [0.29, 0.717) is 11.5 Å². The lowest BCUT2D eigenvalue weighted by Crippen LogP contribution is -2.45. The summed E-state index contributed by atoms with van der Waals surface area (Å²) in [4.78, 5) is 25.9. The SMILES string of the molecule is CC(C)c1ccc(C(NC(=O)c2cccc(C(F)(F)F)c2)C(=O)NC2CCCCC2)cc1. The molecular weight excluding hydrogens is 417 g/mol. The van der Waals surface area contributed by atoms with Crippen molar-refractivity contribution in [1.82, 2.24) is 10.6 Å². The summed E-state index contributed by atoms with van der Waals surface area (Å²) < 4.78 is 39.2. The Balaban J connectivity index is 1.84. The van der Waals surface area contributed by atoms with Crippen LogP contribution in [0.25, 0.3) is 0 Å². The molecule has 1 atom stereocenters. The summed E-state index contributed by atoms with van der Waals surface area (Å²) in [5.74, 6) is -0.777. The second-order valence-corrected chi connectivity index (χ2v) is 8.65. The van der Waals surface area contributed by atoms with Crippen molar-refractivity contribution in [2.75, 3.05) is 0 Å². The highest BCUT2D eigenvalue weighted by atomic mass is 19.4. The van der Waals surface area contributed by atoms with Crippen molar-refractivity contribution in [3.8, 4) is 0 Å². The fourth-order valence-corrected chi connectivity index (χ4v) is 3.96. The van der Waals surface area contributed by atoms with Gasteiger partial charge in [0.25, 0.3) is 5.91 Å². The zero-order valence-electron chi connectivity index (χ0n) is 18.3. The molecule has 0 bridgehead atoms. The van der Waals surface area contributed by atoms with Crippen LogP contribution in [-0.4, -0.2) is 17.9 Å².